The fraction of sp³-hybridized carbons (Fsp3) is 0.259. The summed E-state index contributed by atoms with van der Waals surface area (Å²) >= 11 is 0. The van der Waals surface area contributed by atoms with E-state index < -0.39 is 34.4 Å². The summed E-state index contributed by atoms with van der Waals surface area (Å²) in [5, 5.41) is 0. The second-order valence-corrected chi connectivity index (χ2v) is 9.97. The summed E-state index contributed by atoms with van der Waals surface area (Å²) in [6.07, 6.45) is -1.00. The van der Waals surface area contributed by atoms with Crippen LogP contribution in [0.3, 0.4) is 0 Å². The van der Waals surface area contributed by atoms with Crippen LogP contribution < -0.4 is 4.72 Å². The summed E-state index contributed by atoms with van der Waals surface area (Å²) in [7, 11) is -4.46. The molecule has 0 aliphatic rings. The first kappa shape index (κ1) is 26.9. The van der Waals surface area contributed by atoms with E-state index in [4.69, 9.17) is 9.47 Å². The van der Waals surface area contributed by atoms with Gasteiger partial charge >= 0.3 is 22.3 Å². The van der Waals surface area contributed by atoms with Crippen LogP contribution in [0.5, 0.6) is 0 Å². The fourth-order valence-electron chi connectivity index (χ4n) is 3.46. The summed E-state index contributed by atoms with van der Waals surface area (Å²) in [5.74, 6) is -0.757. The predicted molar refractivity (Wildman–Crippen MR) is 136 cm³/mol. The molecule has 1 atom stereocenters. The van der Waals surface area contributed by atoms with Gasteiger partial charge in [-0.3, -0.25) is 4.79 Å². The van der Waals surface area contributed by atoms with E-state index in [2.05, 4.69) is 4.72 Å². The van der Waals surface area contributed by atoms with Gasteiger partial charge in [0.2, 0.25) is 0 Å². The lowest BCUT2D eigenvalue weighted by Gasteiger charge is -2.27. The Bertz CT molecular complexity index is 1220. The van der Waals surface area contributed by atoms with Crippen LogP contribution in [0.25, 0.3) is 0 Å². The van der Waals surface area contributed by atoms with E-state index >= 15 is 0 Å². The minimum Gasteiger partial charge on any atom is -0.460 e. The second-order valence-electron chi connectivity index (χ2n) is 8.39. The topological polar surface area (TPSA) is 102 Å². The summed E-state index contributed by atoms with van der Waals surface area (Å²) in [6.45, 7) is 2.98. The lowest BCUT2D eigenvalue weighted by Crippen LogP contribution is -2.53. The van der Waals surface area contributed by atoms with Crippen molar-refractivity contribution in [2.45, 2.75) is 45.6 Å². The van der Waals surface area contributed by atoms with Crippen LogP contribution in [0.1, 0.15) is 30.5 Å². The van der Waals surface area contributed by atoms with E-state index in [0.29, 0.717) is 9.87 Å². The molecule has 0 radical (unpaired) electrons. The van der Waals surface area contributed by atoms with Gasteiger partial charge in [-0.05, 0) is 37.0 Å². The minimum absolute atomic E-state index is 0.0142. The zero-order chi connectivity index (χ0) is 26.0. The van der Waals surface area contributed by atoms with E-state index in [0.717, 1.165) is 11.1 Å². The molecule has 3 rings (SSSR count). The molecule has 0 heterocycles. The molecular formula is C27H30N2O6S. The number of hydrogen-bond acceptors (Lipinski definition) is 6. The van der Waals surface area contributed by atoms with Crippen LogP contribution in [-0.2, 0) is 44.1 Å². The van der Waals surface area contributed by atoms with Crippen molar-refractivity contribution in [1.82, 2.24) is 9.03 Å². The van der Waals surface area contributed by atoms with Crippen molar-refractivity contribution in [2.24, 2.45) is 0 Å². The van der Waals surface area contributed by atoms with Crippen LogP contribution in [0, 0.1) is 0 Å². The number of nitrogens with one attached hydrogen (secondary N) is 1. The highest BCUT2D eigenvalue weighted by Gasteiger charge is 2.36. The van der Waals surface area contributed by atoms with Crippen LogP contribution in [0.2, 0.25) is 0 Å². The molecule has 0 spiro atoms. The second kappa shape index (κ2) is 12.9. The molecule has 0 aliphatic carbocycles. The van der Waals surface area contributed by atoms with Crippen molar-refractivity contribution >= 4 is 22.3 Å². The predicted octanol–water partition coefficient (Wildman–Crippen LogP) is 4.22. The summed E-state index contributed by atoms with van der Waals surface area (Å²) in [5.41, 5.74) is 2.21. The fourth-order valence-corrected chi connectivity index (χ4v) is 4.91. The van der Waals surface area contributed by atoms with Crippen LogP contribution >= 0.6 is 0 Å². The summed E-state index contributed by atoms with van der Waals surface area (Å²) in [4.78, 5) is 25.8. The molecular weight excluding hydrogens is 480 g/mol. The maximum absolute atomic E-state index is 13.3. The van der Waals surface area contributed by atoms with Crippen molar-refractivity contribution < 1.29 is 27.5 Å². The highest BCUT2D eigenvalue weighted by Crippen LogP contribution is 2.14. The van der Waals surface area contributed by atoms with Gasteiger partial charge in [-0.15, -0.1) is 0 Å². The third-order valence-electron chi connectivity index (χ3n) is 5.20. The third-order valence-corrected chi connectivity index (χ3v) is 6.87. The summed E-state index contributed by atoms with van der Waals surface area (Å²) in [6, 6.07) is 24.9. The van der Waals surface area contributed by atoms with Crippen molar-refractivity contribution in [1.29, 1.82) is 0 Å². The highest BCUT2D eigenvalue weighted by atomic mass is 32.2. The Labute approximate surface area is 212 Å². The van der Waals surface area contributed by atoms with Crippen LogP contribution in [-0.4, -0.2) is 36.9 Å². The number of amides is 1. The molecule has 190 valence electrons. The van der Waals surface area contributed by atoms with E-state index in [1.165, 1.54) is 0 Å². The van der Waals surface area contributed by atoms with Gasteiger partial charge < -0.3 is 9.47 Å². The van der Waals surface area contributed by atoms with Gasteiger partial charge in [-0.25, -0.2) is 4.79 Å². The van der Waals surface area contributed by atoms with Crippen molar-refractivity contribution in [2.75, 3.05) is 0 Å². The van der Waals surface area contributed by atoms with Gasteiger partial charge in [0.25, 0.3) is 0 Å². The smallest absolute Gasteiger partial charge is 0.425 e. The first-order valence-corrected chi connectivity index (χ1v) is 13.0. The van der Waals surface area contributed by atoms with Gasteiger partial charge in [-0.1, -0.05) is 91.0 Å². The largest absolute Gasteiger partial charge is 0.460 e. The number of ether oxygens (including phenoxy) is 2. The zero-order valence-corrected chi connectivity index (χ0v) is 21.1. The van der Waals surface area contributed by atoms with Crippen LogP contribution in [0.15, 0.2) is 91.0 Å². The van der Waals surface area contributed by atoms with E-state index in [-0.39, 0.29) is 19.6 Å². The Morgan fingerprint density at radius 3 is 1.67 bits per heavy atom. The quantitative estimate of drug-likeness (QED) is 0.388. The number of benzene rings is 3. The average molecular weight is 511 g/mol. The Kier molecular flexibility index (Phi) is 9.61. The van der Waals surface area contributed by atoms with Crippen molar-refractivity contribution in [3.05, 3.63) is 108 Å². The number of nitrogens with zero attached hydrogens (tertiary/aromatic N) is 1. The molecule has 9 heteroatoms. The maximum Gasteiger partial charge on any atom is 0.425 e. The van der Waals surface area contributed by atoms with Crippen molar-refractivity contribution in [3.8, 4) is 0 Å². The maximum atomic E-state index is 13.3. The Morgan fingerprint density at radius 1 is 0.750 bits per heavy atom. The normalized spacial score (nSPS) is 12.1. The van der Waals surface area contributed by atoms with Gasteiger partial charge in [-0.2, -0.15) is 17.4 Å². The van der Waals surface area contributed by atoms with Crippen molar-refractivity contribution in [3.63, 3.8) is 0 Å². The third kappa shape index (κ3) is 7.93. The van der Waals surface area contributed by atoms with Gasteiger partial charge in [0, 0.05) is 6.04 Å². The monoisotopic (exact) mass is 510 g/mol. The van der Waals surface area contributed by atoms with E-state index in [1.807, 2.05) is 30.3 Å². The highest BCUT2D eigenvalue weighted by molar-refractivity contribution is 7.87. The van der Waals surface area contributed by atoms with Gasteiger partial charge in [0.15, 0.2) is 0 Å². The lowest BCUT2D eigenvalue weighted by molar-refractivity contribution is -0.147. The van der Waals surface area contributed by atoms with E-state index in [9.17, 15) is 18.0 Å². The zero-order valence-electron chi connectivity index (χ0n) is 20.2. The lowest BCUT2D eigenvalue weighted by atomic mass is 10.1. The molecule has 1 N–H and O–H groups in total. The Balaban J connectivity index is 1.76. The number of rotatable bonds is 11. The first-order valence-electron chi connectivity index (χ1n) is 11.5. The molecule has 36 heavy (non-hydrogen) atoms. The molecule has 0 fully saturated rings. The number of carbonyl (C=O) groups is 2. The minimum atomic E-state index is -4.46. The molecule has 0 saturated carbocycles. The molecule has 0 aromatic heterocycles. The Morgan fingerprint density at radius 2 is 1.19 bits per heavy atom. The number of carbonyl (C=O) groups excluding carboxylic acids is 2. The van der Waals surface area contributed by atoms with E-state index in [1.54, 1.807) is 74.5 Å². The molecule has 0 unspecified atom stereocenters. The molecule has 0 saturated heterocycles. The number of hydrogen-bond donors (Lipinski definition) is 1. The molecule has 1 amide bonds. The molecule has 0 aliphatic heterocycles. The molecule has 3 aromatic rings. The SMILES string of the molecule is CC(C)N(C(=O)OCc1ccccc1)S(=O)(=O)N[C@@H](Cc1ccccc1)C(=O)OCc1ccccc1. The van der Waals surface area contributed by atoms with Crippen LogP contribution in [0.4, 0.5) is 4.79 Å². The average Bonchev–Trinajstić information content (AvgIpc) is 2.87. The van der Waals surface area contributed by atoms with Gasteiger partial charge in [0.05, 0.1) is 0 Å². The Hall–Kier alpha value is -3.69. The molecule has 8 nitrogen and oxygen atoms in total. The van der Waals surface area contributed by atoms with Gasteiger partial charge in [0.1, 0.15) is 19.3 Å². The molecule has 0 bridgehead atoms. The standard InChI is InChI=1S/C27H30N2O6S/c1-21(2)29(27(31)35-20-24-16-10-5-11-17-24)36(32,33)28-25(18-22-12-6-3-7-13-22)26(30)34-19-23-14-8-4-9-15-23/h3-17,21,25,28H,18-20H2,1-2H3/t25-/m0/s1. The molecule has 3 aromatic carbocycles. The summed E-state index contributed by atoms with van der Waals surface area (Å²) < 4.78 is 40.2. The first-order chi connectivity index (χ1) is 17.3. The number of esters is 1.